The zero-order chi connectivity index (χ0) is 58.5. The van der Waals surface area contributed by atoms with Gasteiger partial charge in [-0.25, -0.2) is 0 Å². The number of carbonyl (C=O) groups excluding carboxylic acids is 3. The number of allylic oxidation sites excluding steroid dienone is 20. The van der Waals surface area contributed by atoms with E-state index in [1.54, 1.807) is 0 Å². The third-order valence-corrected chi connectivity index (χ3v) is 14.4. The van der Waals surface area contributed by atoms with Crippen LogP contribution in [0.2, 0.25) is 0 Å². The summed E-state index contributed by atoms with van der Waals surface area (Å²) in [5.74, 6) is -0.907. The normalized spacial score (nSPS) is 12.9. The highest BCUT2D eigenvalue weighted by Gasteiger charge is 2.19. The van der Waals surface area contributed by atoms with Crippen molar-refractivity contribution < 1.29 is 28.6 Å². The topological polar surface area (TPSA) is 78.9 Å². The lowest BCUT2D eigenvalue weighted by Crippen LogP contribution is -2.30. The van der Waals surface area contributed by atoms with Gasteiger partial charge in [-0.1, -0.05) is 284 Å². The fraction of sp³-hybridized carbons (Fsp3) is 0.693. The predicted octanol–water partition coefficient (Wildman–Crippen LogP) is 23.6. The van der Waals surface area contributed by atoms with Gasteiger partial charge in [-0.2, -0.15) is 0 Å². The molecule has 0 aliphatic carbocycles. The number of carbonyl (C=O) groups is 3. The highest BCUT2D eigenvalue weighted by Crippen LogP contribution is 2.16. The Kier molecular flexibility index (Phi) is 64.8. The quantitative estimate of drug-likeness (QED) is 0.0261. The van der Waals surface area contributed by atoms with Crippen LogP contribution in [-0.4, -0.2) is 37.2 Å². The summed E-state index contributed by atoms with van der Waals surface area (Å²) in [6.45, 7) is 6.49. The summed E-state index contributed by atoms with van der Waals surface area (Å²) in [4.78, 5) is 38.4. The van der Waals surface area contributed by atoms with Gasteiger partial charge >= 0.3 is 17.9 Å². The molecule has 0 aromatic carbocycles. The van der Waals surface area contributed by atoms with Crippen LogP contribution in [0.3, 0.4) is 0 Å². The number of hydrogen-bond donors (Lipinski definition) is 0. The molecule has 0 saturated heterocycles. The maximum absolute atomic E-state index is 12.9. The molecule has 0 aromatic heterocycles. The van der Waals surface area contributed by atoms with Gasteiger partial charge in [-0.15, -0.1) is 0 Å². The number of rotatable bonds is 61. The summed E-state index contributed by atoms with van der Waals surface area (Å²) in [6.07, 6.45) is 94.9. The van der Waals surface area contributed by atoms with Crippen molar-refractivity contribution in [1.82, 2.24) is 0 Å². The maximum Gasteiger partial charge on any atom is 0.306 e. The summed E-state index contributed by atoms with van der Waals surface area (Å²) in [5, 5.41) is 0. The lowest BCUT2D eigenvalue weighted by atomic mass is 10.1. The van der Waals surface area contributed by atoms with Gasteiger partial charge < -0.3 is 14.2 Å². The van der Waals surface area contributed by atoms with Gasteiger partial charge in [0.2, 0.25) is 0 Å². The molecule has 0 fully saturated rings. The molecule has 1 unspecified atom stereocenters. The van der Waals surface area contributed by atoms with Crippen molar-refractivity contribution in [2.75, 3.05) is 13.2 Å². The summed E-state index contributed by atoms with van der Waals surface area (Å²) in [5.41, 5.74) is 0. The van der Waals surface area contributed by atoms with Crippen molar-refractivity contribution in [1.29, 1.82) is 0 Å². The van der Waals surface area contributed by atoms with Crippen LogP contribution < -0.4 is 0 Å². The van der Waals surface area contributed by atoms with Gasteiger partial charge in [0.1, 0.15) is 13.2 Å². The number of unbranched alkanes of at least 4 members (excludes halogenated alkanes) is 30. The zero-order valence-electron chi connectivity index (χ0n) is 53.0. The van der Waals surface area contributed by atoms with E-state index >= 15 is 0 Å². The van der Waals surface area contributed by atoms with Gasteiger partial charge in [0, 0.05) is 19.3 Å². The molecule has 0 aliphatic rings. The van der Waals surface area contributed by atoms with Crippen LogP contribution in [-0.2, 0) is 28.6 Å². The van der Waals surface area contributed by atoms with E-state index in [0.29, 0.717) is 19.3 Å². The maximum atomic E-state index is 12.9. The molecule has 0 saturated carbocycles. The Morgan fingerprint density at radius 1 is 0.259 bits per heavy atom. The lowest BCUT2D eigenvalue weighted by Gasteiger charge is -2.18. The van der Waals surface area contributed by atoms with Crippen LogP contribution in [0.5, 0.6) is 0 Å². The van der Waals surface area contributed by atoms with E-state index in [9.17, 15) is 14.4 Å². The van der Waals surface area contributed by atoms with Crippen LogP contribution >= 0.6 is 0 Å². The first-order valence-corrected chi connectivity index (χ1v) is 34.0. The molecule has 6 nitrogen and oxygen atoms in total. The average molecular weight is 1120 g/mol. The summed E-state index contributed by atoms with van der Waals surface area (Å²) >= 11 is 0. The number of esters is 3. The molecule has 462 valence electrons. The smallest absolute Gasteiger partial charge is 0.306 e. The van der Waals surface area contributed by atoms with Gasteiger partial charge in [0.05, 0.1) is 0 Å². The van der Waals surface area contributed by atoms with Crippen LogP contribution in [0.4, 0.5) is 0 Å². The van der Waals surface area contributed by atoms with Crippen molar-refractivity contribution in [3.63, 3.8) is 0 Å². The molecular formula is C75H126O6. The van der Waals surface area contributed by atoms with Gasteiger partial charge in [-0.05, 0) is 135 Å². The Morgan fingerprint density at radius 2 is 0.481 bits per heavy atom. The van der Waals surface area contributed by atoms with Crippen molar-refractivity contribution >= 4 is 17.9 Å². The second kappa shape index (κ2) is 68.3. The Balaban J connectivity index is 4.39. The fourth-order valence-electron chi connectivity index (χ4n) is 9.33. The van der Waals surface area contributed by atoms with Gasteiger partial charge in [-0.3, -0.25) is 14.4 Å². The molecule has 0 radical (unpaired) electrons. The van der Waals surface area contributed by atoms with Crippen LogP contribution in [0, 0.1) is 0 Å². The van der Waals surface area contributed by atoms with Crippen molar-refractivity contribution in [2.45, 2.75) is 322 Å². The number of hydrogen-bond acceptors (Lipinski definition) is 6. The standard InChI is InChI=1S/C75H126O6/c1-4-7-10-13-16-19-22-25-28-30-32-34-35-36-37-38-39-41-42-44-47-50-53-56-59-62-65-68-74(77)80-71-72(70-79-73(76)67-64-61-58-55-52-49-46-27-24-21-18-15-12-9-6-3)81-75(78)69-66-63-60-57-54-51-48-45-43-40-33-31-29-26-23-20-17-14-11-8-5-2/h7,10,16,18-19,21,23,25-28,31-34,36-37,39,41,46,72H,4-6,8-9,11-15,17,20,22,24,29-30,35,38,40,42-45,47-71H2,1-3H3/b10-7-,19-16-,21-18-,26-23-,28-25-,33-31-,34-32-,37-36-,41-39-,46-27-. The molecule has 0 bridgehead atoms. The van der Waals surface area contributed by atoms with Crippen molar-refractivity contribution in [3.05, 3.63) is 122 Å². The SMILES string of the molecule is CC/C=C\C/C=C\C/C=C\C/C=C\C/C=C\C/C=C\CCCCCCCCCCC(=O)OCC(COC(=O)CCCCCCC/C=C\C/C=C\CCCCC)OC(=O)CCCCCCCCCCC/C=C\C/C=C\CCCCCCC. The molecule has 1 atom stereocenters. The Labute approximate surface area is 501 Å². The van der Waals surface area contributed by atoms with Crippen molar-refractivity contribution in [3.8, 4) is 0 Å². The second-order valence-corrected chi connectivity index (χ2v) is 22.3. The van der Waals surface area contributed by atoms with E-state index in [2.05, 4.69) is 142 Å². The van der Waals surface area contributed by atoms with E-state index in [0.717, 1.165) is 135 Å². The molecular weight excluding hydrogens is 997 g/mol. The first kappa shape index (κ1) is 76.8. The highest BCUT2D eigenvalue weighted by molar-refractivity contribution is 5.71. The highest BCUT2D eigenvalue weighted by atomic mass is 16.6. The van der Waals surface area contributed by atoms with Gasteiger partial charge in [0.15, 0.2) is 6.10 Å². The summed E-state index contributed by atoms with van der Waals surface area (Å²) in [7, 11) is 0. The molecule has 0 aliphatic heterocycles. The van der Waals surface area contributed by atoms with Gasteiger partial charge in [0.25, 0.3) is 0 Å². The van der Waals surface area contributed by atoms with E-state index < -0.39 is 6.10 Å². The molecule has 81 heavy (non-hydrogen) atoms. The summed E-state index contributed by atoms with van der Waals surface area (Å²) in [6, 6.07) is 0. The minimum absolute atomic E-state index is 0.0902. The minimum Gasteiger partial charge on any atom is -0.462 e. The third-order valence-electron chi connectivity index (χ3n) is 14.4. The Morgan fingerprint density at radius 3 is 0.778 bits per heavy atom. The molecule has 0 spiro atoms. The molecule has 0 N–H and O–H groups in total. The largest absolute Gasteiger partial charge is 0.462 e. The third kappa shape index (κ3) is 66.5. The first-order chi connectivity index (χ1) is 40.0. The summed E-state index contributed by atoms with van der Waals surface area (Å²) < 4.78 is 17.0. The Bertz CT molecular complexity index is 1670. The van der Waals surface area contributed by atoms with E-state index in [-0.39, 0.29) is 31.1 Å². The zero-order valence-corrected chi connectivity index (χ0v) is 53.0. The minimum atomic E-state index is -0.795. The van der Waals surface area contributed by atoms with E-state index in [1.807, 2.05) is 0 Å². The van der Waals surface area contributed by atoms with Crippen LogP contribution in [0.1, 0.15) is 316 Å². The molecule has 0 rings (SSSR count). The first-order valence-electron chi connectivity index (χ1n) is 34.0. The van der Waals surface area contributed by atoms with Crippen LogP contribution in [0.25, 0.3) is 0 Å². The molecule has 0 heterocycles. The lowest BCUT2D eigenvalue weighted by molar-refractivity contribution is -0.167. The van der Waals surface area contributed by atoms with Crippen molar-refractivity contribution in [2.24, 2.45) is 0 Å². The van der Waals surface area contributed by atoms with E-state index in [4.69, 9.17) is 14.2 Å². The van der Waals surface area contributed by atoms with E-state index in [1.165, 1.54) is 141 Å². The molecule has 0 aromatic rings. The predicted molar refractivity (Wildman–Crippen MR) is 353 cm³/mol. The number of ether oxygens (including phenoxy) is 3. The average Bonchev–Trinajstić information content (AvgIpc) is 3.47. The Hall–Kier alpha value is -4.19. The second-order valence-electron chi connectivity index (χ2n) is 22.3. The molecule has 6 heteroatoms. The molecule has 0 amide bonds. The fourth-order valence-corrected chi connectivity index (χ4v) is 9.33. The monoisotopic (exact) mass is 1120 g/mol. The van der Waals surface area contributed by atoms with Crippen LogP contribution in [0.15, 0.2) is 122 Å².